The van der Waals surface area contributed by atoms with Gasteiger partial charge in [0.2, 0.25) is 0 Å². The predicted molar refractivity (Wildman–Crippen MR) is 111 cm³/mol. The Hall–Kier alpha value is -3.26. The van der Waals surface area contributed by atoms with E-state index in [9.17, 15) is 18.0 Å². The molecule has 1 amide bonds. The van der Waals surface area contributed by atoms with Crippen LogP contribution in [0.3, 0.4) is 0 Å². The van der Waals surface area contributed by atoms with Crippen LogP contribution in [0.1, 0.15) is 21.6 Å². The molecule has 0 aliphatic carbocycles. The van der Waals surface area contributed by atoms with E-state index in [4.69, 9.17) is 0 Å². The van der Waals surface area contributed by atoms with Gasteiger partial charge in [0.25, 0.3) is 5.91 Å². The number of benzene rings is 2. The Morgan fingerprint density at radius 1 is 0.967 bits per heavy atom. The molecule has 4 aromatic rings. The summed E-state index contributed by atoms with van der Waals surface area (Å²) < 4.78 is 39.3. The van der Waals surface area contributed by atoms with Gasteiger partial charge in [-0.15, -0.1) is 0 Å². The van der Waals surface area contributed by atoms with Gasteiger partial charge in [-0.25, -0.2) is 4.98 Å². The van der Waals surface area contributed by atoms with Gasteiger partial charge in [-0.1, -0.05) is 53.8 Å². The lowest BCUT2D eigenvalue weighted by atomic mass is 10.1. The van der Waals surface area contributed by atoms with Crippen LogP contribution < -0.4 is 4.90 Å². The van der Waals surface area contributed by atoms with Crippen LogP contribution in [0, 0.1) is 0 Å². The highest BCUT2D eigenvalue weighted by molar-refractivity contribution is 7.22. The number of aromatic nitrogens is 2. The van der Waals surface area contributed by atoms with E-state index in [-0.39, 0.29) is 5.56 Å². The first-order chi connectivity index (χ1) is 14.4. The minimum atomic E-state index is -4.55. The molecular formula is C22H16F3N3OS. The lowest BCUT2D eigenvalue weighted by molar-refractivity contribution is -0.141. The smallest absolute Gasteiger partial charge is 0.284 e. The fourth-order valence-corrected chi connectivity index (χ4v) is 3.98. The SMILES string of the molecule is O=C(c1ccc(C(F)(F)F)nc1)N(CCc1ccccc1)c1nc2ccccc2s1. The fourth-order valence-electron chi connectivity index (χ4n) is 2.99. The zero-order chi connectivity index (χ0) is 21.1. The first kappa shape index (κ1) is 20.0. The molecular weight excluding hydrogens is 411 g/mol. The number of anilines is 1. The van der Waals surface area contributed by atoms with Crippen molar-refractivity contribution in [3.63, 3.8) is 0 Å². The maximum absolute atomic E-state index is 13.2. The van der Waals surface area contributed by atoms with Crippen molar-refractivity contribution in [3.05, 3.63) is 89.7 Å². The highest BCUT2D eigenvalue weighted by Gasteiger charge is 2.32. The van der Waals surface area contributed by atoms with Crippen molar-refractivity contribution in [2.45, 2.75) is 12.6 Å². The minimum absolute atomic E-state index is 0.0790. The summed E-state index contributed by atoms with van der Waals surface area (Å²) in [5, 5.41) is 0.497. The molecule has 2 aromatic carbocycles. The molecule has 0 saturated heterocycles. The third-order valence-corrected chi connectivity index (χ3v) is 5.59. The number of para-hydroxylation sites is 1. The number of halogens is 3. The Morgan fingerprint density at radius 2 is 1.70 bits per heavy atom. The number of carbonyl (C=O) groups is 1. The Balaban J connectivity index is 1.65. The van der Waals surface area contributed by atoms with Crippen molar-refractivity contribution in [3.8, 4) is 0 Å². The normalized spacial score (nSPS) is 11.6. The van der Waals surface area contributed by atoms with E-state index in [0.29, 0.717) is 18.1 Å². The lowest BCUT2D eigenvalue weighted by Crippen LogP contribution is -2.33. The van der Waals surface area contributed by atoms with Gasteiger partial charge in [-0.05, 0) is 36.2 Å². The number of thiazole rings is 1. The van der Waals surface area contributed by atoms with Crippen molar-refractivity contribution < 1.29 is 18.0 Å². The molecule has 8 heteroatoms. The van der Waals surface area contributed by atoms with E-state index in [0.717, 1.165) is 34.1 Å². The van der Waals surface area contributed by atoms with Gasteiger partial charge >= 0.3 is 6.18 Å². The largest absolute Gasteiger partial charge is 0.433 e. The van der Waals surface area contributed by atoms with E-state index in [1.807, 2.05) is 54.6 Å². The Kier molecular flexibility index (Phi) is 5.50. The van der Waals surface area contributed by atoms with Crippen LogP contribution in [0.2, 0.25) is 0 Å². The monoisotopic (exact) mass is 427 g/mol. The molecule has 0 aliphatic heterocycles. The molecule has 0 unspecified atom stereocenters. The third kappa shape index (κ3) is 4.33. The summed E-state index contributed by atoms with van der Waals surface area (Å²) >= 11 is 1.36. The summed E-state index contributed by atoms with van der Waals surface area (Å²) in [6.07, 6.45) is -3.01. The maximum atomic E-state index is 13.2. The van der Waals surface area contributed by atoms with Crippen LogP contribution in [0.4, 0.5) is 18.3 Å². The van der Waals surface area contributed by atoms with Crippen LogP contribution in [0.5, 0.6) is 0 Å². The molecule has 4 nitrogen and oxygen atoms in total. The highest BCUT2D eigenvalue weighted by atomic mass is 32.1. The van der Waals surface area contributed by atoms with E-state index in [2.05, 4.69) is 9.97 Å². The Morgan fingerprint density at radius 3 is 2.37 bits per heavy atom. The van der Waals surface area contributed by atoms with Crippen molar-refractivity contribution in [1.29, 1.82) is 0 Å². The van der Waals surface area contributed by atoms with Gasteiger partial charge in [0.15, 0.2) is 5.13 Å². The Bertz CT molecular complexity index is 1120. The Labute approximate surface area is 174 Å². The van der Waals surface area contributed by atoms with E-state index >= 15 is 0 Å². The number of alkyl halides is 3. The lowest BCUT2D eigenvalue weighted by Gasteiger charge is -2.20. The number of rotatable bonds is 5. The summed E-state index contributed by atoms with van der Waals surface area (Å²) in [5.74, 6) is -0.439. The number of amides is 1. The standard InChI is InChI=1S/C22H16F3N3OS/c23-22(24,25)19-11-10-16(14-26-19)20(29)28(13-12-15-6-2-1-3-7-15)21-27-17-8-4-5-9-18(17)30-21/h1-11,14H,12-13H2. The van der Waals surface area contributed by atoms with E-state index < -0.39 is 17.8 Å². The van der Waals surface area contributed by atoms with Gasteiger partial charge in [0, 0.05) is 12.7 Å². The van der Waals surface area contributed by atoms with Crippen LogP contribution in [0.15, 0.2) is 72.9 Å². The molecule has 30 heavy (non-hydrogen) atoms. The molecule has 2 heterocycles. The minimum Gasteiger partial charge on any atom is -0.284 e. The molecule has 0 aliphatic rings. The second kappa shape index (κ2) is 8.23. The summed E-state index contributed by atoms with van der Waals surface area (Å²) in [5.41, 5.74) is 0.854. The van der Waals surface area contributed by atoms with Crippen LogP contribution in [-0.2, 0) is 12.6 Å². The second-order valence-corrected chi connectivity index (χ2v) is 7.60. The van der Waals surface area contributed by atoms with Crippen LogP contribution >= 0.6 is 11.3 Å². The van der Waals surface area contributed by atoms with E-state index in [1.54, 1.807) is 0 Å². The molecule has 0 atom stereocenters. The second-order valence-electron chi connectivity index (χ2n) is 6.59. The van der Waals surface area contributed by atoms with Gasteiger partial charge in [-0.2, -0.15) is 13.2 Å². The van der Waals surface area contributed by atoms with Gasteiger partial charge in [0.05, 0.1) is 15.8 Å². The maximum Gasteiger partial charge on any atom is 0.433 e. The predicted octanol–water partition coefficient (Wildman–Crippen LogP) is 5.60. The number of nitrogens with zero attached hydrogens (tertiary/aromatic N) is 3. The van der Waals surface area contributed by atoms with Crippen LogP contribution in [0.25, 0.3) is 10.2 Å². The number of hydrogen-bond donors (Lipinski definition) is 0. The summed E-state index contributed by atoms with van der Waals surface area (Å²) in [6, 6.07) is 19.2. The average molecular weight is 427 g/mol. The van der Waals surface area contributed by atoms with Gasteiger partial charge in [0.1, 0.15) is 5.69 Å². The first-order valence-electron chi connectivity index (χ1n) is 9.16. The summed E-state index contributed by atoms with van der Waals surface area (Å²) in [4.78, 5) is 22.6. The molecule has 0 bridgehead atoms. The van der Waals surface area contributed by atoms with Crippen molar-refractivity contribution >= 4 is 32.6 Å². The van der Waals surface area contributed by atoms with E-state index in [1.165, 1.54) is 16.2 Å². The molecule has 2 aromatic heterocycles. The average Bonchev–Trinajstić information content (AvgIpc) is 3.18. The summed E-state index contributed by atoms with van der Waals surface area (Å²) in [7, 11) is 0. The summed E-state index contributed by atoms with van der Waals surface area (Å²) in [6.45, 7) is 0.337. The zero-order valence-corrected chi connectivity index (χ0v) is 16.5. The quantitative estimate of drug-likeness (QED) is 0.417. The molecule has 4 rings (SSSR count). The van der Waals surface area contributed by atoms with Crippen molar-refractivity contribution in [2.24, 2.45) is 0 Å². The number of pyridine rings is 1. The van der Waals surface area contributed by atoms with Crippen LogP contribution in [-0.4, -0.2) is 22.4 Å². The molecule has 0 N–H and O–H groups in total. The number of fused-ring (bicyclic) bond motifs is 1. The molecule has 152 valence electrons. The van der Waals surface area contributed by atoms with Crippen molar-refractivity contribution in [2.75, 3.05) is 11.4 Å². The third-order valence-electron chi connectivity index (χ3n) is 4.53. The van der Waals surface area contributed by atoms with Gasteiger partial charge in [-0.3, -0.25) is 14.7 Å². The number of hydrogen-bond acceptors (Lipinski definition) is 4. The molecule has 0 spiro atoms. The molecule has 0 radical (unpaired) electrons. The molecule has 0 saturated carbocycles. The first-order valence-corrected chi connectivity index (χ1v) is 9.98. The number of carbonyl (C=O) groups excluding carboxylic acids is 1. The van der Waals surface area contributed by atoms with Crippen molar-refractivity contribution in [1.82, 2.24) is 9.97 Å². The topological polar surface area (TPSA) is 46.1 Å². The highest BCUT2D eigenvalue weighted by Crippen LogP contribution is 2.31. The molecule has 0 fully saturated rings. The van der Waals surface area contributed by atoms with Gasteiger partial charge < -0.3 is 0 Å². The zero-order valence-electron chi connectivity index (χ0n) is 15.6. The fraction of sp³-hybridized carbons (Fsp3) is 0.136.